The highest BCUT2D eigenvalue weighted by molar-refractivity contribution is 7.89. The molecule has 11 nitrogen and oxygen atoms in total. The molecule has 0 aromatic heterocycles. The zero-order valence-corrected chi connectivity index (χ0v) is 22.0. The lowest BCUT2D eigenvalue weighted by atomic mass is 10.0. The Kier molecular flexibility index (Phi) is 10.1. The van der Waals surface area contributed by atoms with E-state index in [2.05, 4.69) is 5.32 Å². The summed E-state index contributed by atoms with van der Waals surface area (Å²) in [5.74, 6) is -1.34. The SMILES string of the molecule is CC(C)CN(C[C@@H](O)[C@H](Cc1ccccc1)NC(=O)OC1CCOC1)S(=O)(=O)c1ccc(F)c([N+](=O)[O-])c1. The van der Waals surface area contributed by atoms with E-state index in [1.54, 1.807) is 38.1 Å². The van der Waals surface area contributed by atoms with Crippen LogP contribution in [0, 0.1) is 21.8 Å². The average molecular weight is 554 g/mol. The number of hydrogen-bond acceptors (Lipinski definition) is 8. The van der Waals surface area contributed by atoms with E-state index in [0.29, 0.717) is 19.1 Å². The van der Waals surface area contributed by atoms with Crippen molar-refractivity contribution in [3.05, 3.63) is 70.0 Å². The highest BCUT2D eigenvalue weighted by Gasteiger charge is 2.33. The summed E-state index contributed by atoms with van der Waals surface area (Å²) < 4.78 is 52.4. The number of hydrogen-bond donors (Lipinski definition) is 2. The monoisotopic (exact) mass is 553 g/mol. The molecule has 2 aromatic rings. The maximum atomic E-state index is 13.9. The van der Waals surface area contributed by atoms with Crippen molar-refractivity contribution in [3.63, 3.8) is 0 Å². The number of benzene rings is 2. The van der Waals surface area contributed by atoms with E-state index in [4.69, 9.17) is 9.47 Å². The number of halogens is 1. The van der Waals surface area contributed by atoms with Crippen LogP contribution >= 0.6 is 0 Å². The standard InChI is InChI=1S/C25H32FN3O8S/c1-17(2)14-28(38(34,35)20-8-9-21(26)23(13-20)29(32)33)15-24(30)22(12-18-6-4-3-5-7-18)27-25(31)37-19-10-11-36-16-19/h3-9,13,17,19,22,24,30H,10-12,14-16H2,1-2H3,(H,27,31)/t19?,22-,24+/m0/s1. The molecule has 0 spiro atoms. The minimum Gasteiger partial charge on any atom is -0.444 e. The first kappa shape index (κ1) is 29.4. The summed E-state index contributed by atoms with van der Waals surface area (Å²) >= 11 is 0. The molecular weight excluding hydrogens is 521 g/mol. The van der Waals surface area contributed by atoms with Crippen LogP contribution in [-0.4, -0.2) is 73.4 Å². The number of amides is 1. The molecule has 1 unspecified atom stereocenters. The Morgan fingerprint density at radius 3 is 2.58 bits per heavy atom. The molecule has 3 rings (SSSR count). The summed E-state index contributed by atoms with van der Waals surface area (Å²) in [4.78, 5) is 22.3. The van der Waals surface area contributed by atoms with Gasteiger partial charge < -0.3 is 19.9 Å². The van der Waals surface area contributed by atoms with Gasteiger partial charge in [0.15, 0.2) is 0 Å². The molecule has 38 heavy (non-hydrogen) atoms. The molecule has 1 aliphatic rings. The van der Waals surface area contributed by atoms with E-state index in [9.17, 15) is 32.8 Å². The molecule has 1 saturated heterocycles. The van der Waals surface area contributed by atoms with Gasteiger partial charge in [-0.05, 0) is 30.0 Å². The van der Waals surface area contributed by atoms with Crippen LogP contribution in [0.5, 0.6) is 0 Å². The lowest BCUT2D eigenvalue weighted by Crippen LogP contribution is -2.51. The number of aliphatic hydroxyl groups is 1. The fraction of sp³-hybridized carbons (Fsp3) is 0.480. The van der Waals surface area contributed by atoms with Crippen LogP contribution in [0.1, 0.15) is 25.8 Å². The number of carbonyl (C=O) groups excluding carboxylic acids is 1. The molecule has 208 valence electrons. The second-order valence-electron chi connectivity index (χ2n) is 9.49. The Balaban J connectivity index is 1.86. The Morgan fingerprint density at radius 1 is 1.26 bits per heavy atom. The molecule has 0 bridgehead atoms. The maximum Gasteiger partial charge on any atom is 0.407 e. The van der Waals surface area contributed by atoms with Crippen molar-refractivity contribution in [3.8, 4) is 0 Å². The number of carbonyl (C=O) groups is 1. The van der Waals surface area contributed by atoms with E-state index >= 15 is 0 Å². The molecule has 0 radical (unpaired) electrons. The Hall–Kier alpha value is -3.13. The number of nitro groups is 1. The normalized spacial score (nSPS) is 17.4. The molecule has 2 N–H and O–H groups in total. The first-order valence-corrected chi connectivity index (χ1v) is 13.6. The summed E-state index contributed by atoms with van der Waals surface area (Å²) in [6.07, 6.45) is -1.85. The van der Waals surface area contributed by atoms with Gasteiger partial charge in [0, 0.05) is 25.6 Å². The molecule has 1 amide bonds. The summed E-state index contributed by atoms with van der Waals surface area (Å²) in [5, 5.41) is 25.0. The van der Waals surface area contributed by atoms with Crippen molar-refractivity contribution in [2.75, 3.05) is 26.3 Å². The van der Waals surface area contributed by atoms with Crippen molar-refractivity contribution in [2.24, 2.45) is 5.92 Å². The summed E-state index contributed by atoms with van der Waals surface area (Å²) in [7, 11) is -4.38. The van der Waals surface area contributed by atoms with Gasteiger partial charge in [-0.1, -0.05) is 44.2 Å². The van der Waals surface area contributed by atoms with Crippen LogP contribution in [0.2, 0.25) is 0 Å². The third kappa shape index (κ3) is 7.93. The van der Waals surface area contributed by atoms with Crippen molar-refractivity contribution in [2.45, 2.75) is 49.8 Å². The van der Waals surface area contributed by atoms with Crippen molar-refractivity contribution >= 4 is 21.8 Å². The fourth-order valence-corrected chi connectivity index (χ4v) is 5.69. The van der Waals surface area contributed by atoms with Crippen LogP contribution < -0.4 is 5.32 Å². The van der Waals surface area contributed by atoms with Crippen LogP contribution in [0.25, 0.3) is 0 Å². The number of nitro benzene ring substituents is 1. The number of sulfonamides is 1. The molecule has 3 atom stereocenters. The predicted molar refractivity (Wildman–Crippen MR) is 135 cm³/mol. The third-order valence-electron chi connectivity index (χ3n) is 5.94. The molecule has 13 heteroatoms. The minimum atomic E-state index is -4.38. The maximum absolute atomic E-state index is 13.9. The zero-order chi connectivity index (χ0) is 27.9. The second kappa shape index (κ2) is 13.1. The number of aliphatic hydroxyl groups excluding tert-OH is 1. The van der Waals surface area contributed by atoms with E-state index in [0.717, 1.165) is 22.0 Å². The van der Waals surface area contributed by atoms with Gasteiger partial charge in [-0.15, -0.1) is 0 Å². The number of alkyl carbamates (subject to hydrolysis) is 1. The number of ether oxygens (including phenoxy) is 2. The van der Waals surface area contributed by atoms with Gasteiger partial charge in [-0.3, -0.25) is 10.1 Å². The van der Waals surface area contributed by atoms with Crippen molar-refractivity contribution in [1.29, 1.82) is 0 Å². The molecule has 1 fully saturated rings. The number of nitrogens with zero attached hydrogens (tertiary/aromatic N) is 2. The Morgan fingerprint density at radius 2 is 1.97 bits per heavy atom. The lowest BCUT2D eigenvalue weighted by Gasteiger charge is -2.30. The fourth-order valence-electron chi connectivity index (χ4n) is 4.05. The second-order valence-corrected chi connectivity index (χ2v) is 11.4. The molecule has 0 saturated carbocycles. The quantitative estimate of drug-likeness (QED) is 0.301. The van der Waals surface area contributed by atoms with Crippen LogP contribution in [0.4, 0.5) is 14.9 Å². The van der Waals surface area contributed by atoms with Gasteiger partial charge in [0.25, 0.3) is 0 Å². The van der Waals surface area contributed by atoms with Gasteiger partial charge in [0.2, 0.25) is 15.8 Å². The minimum absolute atomic E-state index is 0.0352. The largest absolute Gasteiger partial charge is 0.444 e. The molecule has 1 aliphatic heterocycles. The van der Waals surface area contributed by atoms with Gasteiger partial charge in [0.1, 0.15) is 6.10 Å². The van der Waals surface area contributed by atoms with Crippen molar-refractivity contribution < 1.29 is 37.1 Å². The first-order chi connectivity index (χ1) is 18.0. The number of rotatable bonds is 12. The van der Waals surface area contributed by atoms with E-state index in [1.165, 1.54) is 0 Å². The van der Waals surface area contributed by atoms with Crippen molar-refractivity contribution in [1.82, 2.24) is 9.62 Å². The third-order valence-corrected chi connectivity index (χ3v) is 7.77. The summed E-state index contributed by atoms with van der Waals surface area (Å²) in [6.45, 7) is 3.80. The Labute approximate surface area is 220 Å². The average Bonchev–Trinajstić information content (AvgIpc) is 3.36. The van der Waals surface area contributed by atoms with Gasteiger partial charge in [0.05, 0.1) is 35.2 Å². The van der Waals surface area contributed by atoms with Gasteiger partial charge >= 0.3 is 11.8 Å². The molecule has 2 aromatic carbocycles. The predicted octanol–water partition coefficient (Wildman–Crippen LogP) is 2.87. The highest BCUT2D eigenvalue weighted by Crippen LogP contribution is 2.25. The summed E-state index contributed by atoms with van der Waals surface area (Å²) in [6, 6.07) is 10.4. The molecular formula is C25H32FN3O8S. The summed E-state index contributed by atoms with van der Waals surface area (Å²) in [5.41, 5.74) is -0.188. The first-order valence-electron chi connectivity index (χ1n) is 12.2. The van der Waals surface area contributed by atoms with Crippen LogP contribution in [0.3, 0.4) is 0 Å². The van der Waals surface area contributed by atoms with E-state index in [-0.39, 0.29) is 25.5 Å². The zero-order valence-electron chi connectivity index (χ0n) is 21.2. The van der Waals surface area contributed by atoms with Gasteiger partial charge in [-0.25, -0.2) is 13.2 Å². The topological polar surface area (TPSA) is 148 Å². The van der Waals surface area contributed by atoms with Crippen LogP contribution in [-0.2, 0) is 25.9 Å². The molecule has 0 aliphatic carbocycles. The lowest BCUT2D eigenvalue weighted by molar-refractivity contribution is -0.387. The van der Waals surface area contributed by atoms with E-state index in [1.807, 2.05) is 6.07 Å². The number of nitrogens with one attached hydrogen (secondary N) is 1. The van der Waals surface area contributed by atoms with E-state index < -0.39 is 62.2 Å². The Bertz CT molecular complexity index is 1210. The smallest absolute Gasteiger partial charge is 0.407 e. The van der Waals surface area contributed by atoms with Gasteiger partial charge in [-0.2, -0.15) is 8.70 Å². The molecule has 1 heterocycles. The van der Waals surface area contributed by atoms with Crippen LogP contribution in [0.15, 0.2) is 53.4 Å². The highest BCUT2D eigenvalue weighted by atomic mass is 32.2.